The van der Waals surface area contributed by atoms with Crippen LogP contribution in [0.25, 0.3) is 0 Å². The summed E-state index contributed by atoms with van der Waals surface area (Å²) >= 11 is 0. The molecule has 1 atom stereocenters. The molecule has 4 nitrogen and oxygen atoms in total. The predicted molar refractivity (Wildman–Crippen MR) is 89.4 cm³/mol. The van der Waals surface area contributed by atoms with Crippen LogP contribution in [0.3, 0.4) is 0 Å². The summed E-state index contributed by atoms with van der Waals surface area (Å²) in [6.07, 6.45) is 3.25. The summed E-state index contributed by atoms with van der Waals surface area (Å²) in [6.45, 7) is 6.73. The number of nitrogens with zero attached hydrogens (tertiary/aromatic N) is 1. The average Bonchev–Trinajstić information content (AvgIpc) is 2.54. The molecule has 22 heavy (non-hydrogen) atoms. The van der Waals surface area contributed by atoms with Crippen molar-refractivity contribution in [3.63, 3.8) is 0 Å². The van der Waals surface area contributed by atoms with Crippen LogP contribution in [0, 0.1) is 5.92 Å². The van der Waals surface area contributed by atoms with Gasteiger partial charge in [0.25, 0.3) is 5.91 Å². The van der Waals surface area contributed by atoms with Gasteiger partial charge in [0.15, 0.2) is 0 Å². The van der Waals surface area contributed by atoms with Crippen molar-refractivity contribution in [1.29, 1.82) is 0 Å². The first-order valence-corrected chi connectivity index (χ1v) is 8.29. The van der Waals surface area contributed by atoms with Gasteiger partial charge in [-0.2, -0.15) is 0 Å². The molecule has 1 saturated heterocycles. The molecule has 1 amide bonds. The van der Waals surface area contributed by atoms with Gasteiger partial charge in [0, 0.05) is 24.7 Å². The lowest BCUT2D eigenvalue weighted by Crippen LogP contribution is -2.46. The molecule has 4 heteroatoms. The molecule has 2 rings (SSSR count). The van der Waals surface area contributed by atoms with Gasteiger partial charge >= 0.3 is 0 Å². The van der Waals surface area contributed by atoms with Gasteiger partial charge < -0.3 is 15.0 Å². The molecule has 0 saturated carbocycles. The number of piperidine rings is 1. The molecule has 1 unspecified atom stereocenters. The van der Waals surface area contributed by atoms with Crippen molar-refractivity contribution in [1.82, 2.24) is 10.2 Å². The van der Waals surface area contributed by atoms with E-state index in [4.69, 9.17) is 4.74 Å². The molecule has 0 radical (unpaired) electrons. The Bertz CT molecular complexity index is 470. The summed E-state index contributed by atoms with van der Waals surface area (Å²) < 4.78 is 5.70. The standard InChI is InChI=1S/C18H28N2O2/c1-14(2)10-12-22-17-8-6-15(7-9-17)18(21)20-11-4-5-16(13-20)19-3/h6-9,14,16,19H,4-5,10-13H2,1-3H3. The summed E-state index contributed by atoms with van der Waals surface area (Å²) in [6, 6.07) is 7.95. The van der Waals surface area contributed by atoms with E-state index in [0.29, 0.717) is 12.0 Å². The molecule has 1 aliphatic rings. The zero-order chi connectivity index (χ0) is 15.9. The molecule has 1 aromatic carbocycles. The zero-order valence-electron chi connectivity index (χ0n) is 14.0. The van der Waals surface area contributed by atoms with E-state index in [-0.39, 0.29) is 5.91 Å². The number of benzene rings is 1. The molecular weight excluding hydrogens is 276 g/mol. The second-order valence-electron chi connectivity index (χ2n) is 6.43. The third kappa shape index (κ3) is 4.73. The summed E-state index contributed by atoms with van der Waals surface area (Å²) in [5.41, 5.74) is 0.743. The molecule has 0 spiro atoms. The van der Waals surface area contributed by atoms with Crippen LogP contribution in [0.5, 0.6) is 5.75 Å². The first-order chi connectivity index (χ1) is 10.6. The lowest BCUT2D eigenvalue weighted by Gasteiger charge is -2.32. The number of hydrogen-bond donors (Lipinski definition) is 1. The Balaban J connectivity index is 1.90. The molecule has 122 valence electrons. The molecule has 1 fully saturated rings. The third-order valence-corrected chi connectivity index (χ3v) is 4.18. The van der Waals surface area contributed by atoms with E-state index in [1.807, 2.05) is 36.2 Å². The molecule has 1 N–H and O–H groups in total. The number of carbonyl (C=O) groups excluding carboxylic acids is 1. The highest BCUT2D eigenvalue weighted by molar-refractivity contribution is 5.94. The number of nitrogens with one attached hydrogen (secondary N) is 1. The van der Waals surface area contributed by atoms with Crippen molar-refractivity contribution in [2.75, 3.05) is 26.7 Å². The smallest absolute Gasteiger partial charge is 0.253 e. The Morgan fingerprint density at radius 1 is 1.36 bits per heavy atom. The number of likely N-dealkylation sites (N-methyl/N-ethyl adjacent to an activating group) is 1. The van der Waals surface area contributed by atoms with Crippen LogP contribution in [0.4, 0.5) is 0 Å². The van der Waals surface area contributed by atoms with Gasteiger partial charge in [-0.05, 0) is 56.5 Å². The Hall–Kier alpha value is -1.55. The zero-order valence-corrected chi connectivity index (χ0v) is 14.0. The van der Waals surface area contributed by atoms with Crippen LogP contribution in [-0.2, 0) is 0 Å². The van der Waals surface area contributed by atoms with Gasteiger partial charge in [0.1, 0.15) is 5.75 Å². The SMILES string of the molecule is CNC1CCCN(C(=O)c2ccc(OCCC(C)C)cc2)C1. The van der Waals surface area contributed by atoms with E-state index in [0.717, 1.165) is 50.3 Å². The predicted octanol–water partition coefficient (Wildman–Crippen LogP) is 2.94. The minimum Gasteiger partial charge on any atom is -0.494 e. The summed E-state index contributed by atoms with van der Waals surface area (Å²) in [5, 5.41) is 3.27. The number of hydrogen-bond acceptors (Lipinski definition) is 3. The van der Waals surface area contributed by atoms with Crippen molar-refractivity contribution in [2.45, 2.75) is 39.2 Å². The molecular formula is C18H28N2O2. The Morgan fingerprint density at radius 3 is 2.73 bits per heavy atom. The summed E-state index contributed by atoms with van der Waals surface area (Å²) in [4.78, 5) is 14.5. The van der Waals surface area contributed by atoms with Gasteiger partial charge in [-0.15, -0.1) is 0 Å². The van der Waals surface area contributed by atoms with E-state index in [2.05, 4.69) is 19.2 Å². The molecule has 1 heterocycles. The van der Waals surface area contributed by atoms with E-state index in [1.165, 1.54) is 0 Å². The first kappa shape index (κ1) is 16.8. The van der Waals surface area contributed by atoms with Gasteiger partial charge in [0.2, 0.25) is 0 Å². The van der Waals surface area contributed by atoms with Crippen LogP contribution in [0.2, 0.25) is 0 Å². The van der Waals surface area contributed by atoms with Crippen LogP contribution >= 0.6 is 0 Å². The van der Waals surface area contributed by atoms with Gasteiger partial charge in [-0.1, -0.05) is 13.8 Å². The quantitative estimate of drug-likeness (QED) is 0.878. The summed E-state index contributed by atoms with van der Waals surface area (Å²) in [5.74, 6) is 1.60. The van der Waals surface area contributed by atoms with Crippen molar-refractivity contribution >= 4 is 5.91 Å². The molecule has 0 aromatic heterocycles. The van der Waals surface area contributed by atoms with E-state index < -0.39 is 0 Å². The fourth-order valence-electron chi connectivity index (χ4n) is 2.69. The first-order valence-electron chi connectivity index (χ1n) is 8.29. The number of rotatable bonds is 6. The van der Waals surface area contributed by atoms with E-state index >= 15 is 0 Å². The van der Waals surface area contributed by atoms with Gasteiger partial charge in [-0.3, -0.25) is 4.79 Å². The Kier molecular flexibility index (Phi) is 6.25. The van der Waals surface area contributed by atoms with Gasteiger partial charge in [-0.25, -0.2) is 0 Å². The normalized spacial score (nSPS) is 18.5. The van der Waals surface area contributed by atoms with Crippen molar-refractivity contribution < 1.29 is 9.53 Å². The molecule has 1 aliphatic heterocycles. The molecule has 0 aliphatic carbocycles. The number of amides is 1. The van der Waals surface area contributed by atoms with Crippen LogP contribution < -0.4 is 10.1 Å². The fourth-order valence-corrected chi connectivity index (χ4v) is 2.69. The molecule has 1 aromatic rings. The largest absolute Gasteiger partial charge is 0.494 e. The maximum Gasteiger partial charge on any atom is 0.253 e. The average molecular weight is 304 g/mol. The van der Waals surface area contributed by atoms with Crippen molar-refractivity contribution in [3.05, 3.63) is 29.8 Å². The highest BCUT2D eigenvalue weighted by atomic mass is 16.5. The van der Waals surface area contributed by atoms with Crippen molar-refractivity contribution in [3.8, 4) is 5.75 Å². The highest BCUT2D eigenvalue weighted by Crippen LogP contribution is 2.17. The lowest BCUT2D eigenvalue weighted by atomic mass is 10.0. The van der Waals surface area contributed by atoms with Gasteiger partial charge in [0.05, 0.1) is 6.61 Å². The van der Waals surface area contributed by atoms with E-state index in [9.17, 15) is 4.79 Å². The Labute approximate surface area is 133 Å². The monoisotopic (exact) mass is 304 g/mol. The van der Waals surface area contributed by atoms with E-state index in [1.54, 1.807) is 0 Å². The maximum atomic E-state index is 12.5. The maximum absolute atomic E-state index is 12.5. The highest BCUT2D eigenvalue weighted by Gasteiger charge is 2.23. The second kappa shape index (κ2) is 8.18. The van der Waals surface area contributed by atoms with Crippen molar-refractivity contribution in [2.24, 2.45) is 5.92 Å². The third-order valence-electron chi connectivity index (χ3n) is 4.18. The second-order valence-corrected chi connectivity index (χ2v) is 6.43. The minimum atomic E-state index is 0.119. The lowest BCUT2D eigenvalue weighted by molar-refractivity contribution is 0.0698. The van der Waals surface area contributed by atoms with Crippen LogP contribution in [0.15, 0.2) is 24.3 Å². The fraction of sp³-hybridized carbons (Fsp3) is 0.611. The molecule has 0 bridgehead atoms. The Morgan fingerprint density at radius 2 is 2.09 bits per heavy atom. The number of ether oxygens (including phenoxy) is 1. The topological polar surface area (TPSA) is 41.6 Å². The summed E-state index contributed by atoms with van der Waals surface area (Å²) in [7, 11) is 1.96. The van der Waals surface area contributed by atoms with Crippen LogP contribution in [0.1, 0.15) is 43.5 Å². The minimum absolute atomic E-state index is 0.119. The van der Waals surface area contributed by atoms with Crippen LogP contribution in [-0.4, -0.2) is 43.6 Å². The number of carbonyl (C=O) groups is 1. The number of likely N-dealkylation sites (tertiary alicyclic amines) is 1.